The zero-order valence-electron chi connectivity index (χ0n) is 14.3. The van der Waals surface area contributed by atoms with E-state index in [1.54, 1.807) is 16.8 Å². The second-order valence-corrected chi connectivity index (χ2v) is 7.46. The summed E-state index contributed by atoms with van der Waals surface area (Å²) in [5.74, 6) is 0.174. The second kappa shape index (κ2) is 8.20. The van der Waals surface area contributed by atoms with E-state index in [-0.39, 0.29) is 17.8 Å². The molecule has 1 saturated heterocycles. The summed E-state index contributed by atoms with van der Waals surface area (Å²) >= 11 is 7.36. The Morgan fingerprint density at radius 3 is 3.15 bits per heavy atom. The minimum Gasteiger partial charge on any atom is -0.376 e. The first kappa shape index (κ1) is 18.1. The van der Waals surface area contributed by atoms with Crippen LogP contribution in [0, 0.1) is 0 Å². The van der Waals surface area contributed by atoms with E-state index in [0.29, 0.717) is 27.8 Å². The number of fused-ring (bicyclic) bond motifs is 1. The van der Waals surface area contributed by atoms with Gasteiger partial charge >= 0.3 is 0 Å². The molecule has 0 aliphatic carbocycles. The summed E-state index contributed by atoms with van der Waals surface area (Å²) in [6.45, 7) is 1.32. The molecule has 1 aromatic carbocycles. The Hall–Kier alpha value is -2.23. The van der Waals surface area contributed by atoms with Crippen LogP contribution >= 0.6 is 23.4 Å². The lowest BCUT2D eigenvalue weighted by molar-refractivity contribution is -0.119. The highest BCUT2D eigenvalue weighted by molar-refractivity contribution is 8.00. The van der Waals surface area contributed by atoms with Crippen LogP contribution in [0.4, 0.5) is 0 Å². The van der Waals surface area contributed by atoms with Gasteiger partial charge in [-0.2, -0.15) is 4.68 Å². The van der Waals surface area contributed by atoms with Crippen LogP contribution in [0.25, 0.3) is 16.9 Å². The average Bonchev–Trinajstić information content (AvgIpc) is 3.34. The highest BCUT2D eigenvalue weighted by Gasteiger charge is 2.17. The molecule has 1 N–H and O–H groups in total. The molecule has 2 aromatic heterocycles. The maximum Gasteiger partial charge on any atom is 0.230 e. The molecular weight excluding hydrogens is 388 g/mol. The number of nitrogens with one attached hydrogen (secondary N) is 1. The normalized spacial score (nSPS) is 16.7. The largest absolute Gasteiger partial charge is 0.376 e. The van der Waals surface area contributed by atoms with Crippen molar-refractivity contribution in [2.24, 2.45) is 0 Å². The summed E-state index contributed by atoms with van der Waals surface area (Å²) in [6.07, 6.45) is 3.62. The van der Waals surface area contributed by atoms with E-state index >= 15 is 0 Å². The minimum absolute atomic E-state index is 0.0653. The highest BCUT2D eigenvalue weighted by Crippen LogP contribution is 2.24. The van der Waals surface area contributed by atoms with E-state index in [4.69, 9.17) is 16.3 Å². The number of aromatic nitrogens is 5. The van der Waals surface area contributed by atoms with Gasteiger partial charge in [0, 0.05) is 18.2 Å². The third-order valence-electron chi connectivity index (χ3n) is 4.15. The molecule has 27 heavy (non-hydrogen) atoms. The fraction of sp³-hybridized carbons (Fsp3) is 0.353. The van der Waals surface area contributed by atoms with Crippen LogP contribution in [0.2, 0.25) is 5.02 Å². The molecule has 4 rings (SSSR count). The second-order valence-electron chi connectivity index (χ2n) is 6.06. The fourth-order valence-corrected chi connectivity index (χ4v) is 3.78. The highest BCUT2D eigenvalue weighted by atomic mass is 35.5. The Kier molecular flexibility index (Phi) is 5.51. The van der Waals surface area contributed by atoms with Gasteiger partial charge < -0.3 is 10.1 Å². The molecule has 1 aliphatic rings. The fourth-order valence-electron chi connectivity index (χ4n) is 2.83. The van der Waals surface area contributed by atoms with Crippen molar-refractivity contribution in [3.8, 4) is 5.69 Å². The van der Waals surface area contributed by atoms with Gasteiger partial charge in [-0.15, -0.1) is 5.10 Å². The molecule has 140 valence electrons. The van der Waals surface area contributed by atoms with Crippen molar-refractivity contribution in [2.45, 2.75) is 24.0 Å². The smallest absolute Gasteiger partial charge is 0.230 e. The predicted molar refractivity (Wildman–Crippen MR) is 102 cm³/mol. The number of carbonyl (C=O) groups excluding carboxylic acids is 1. The molecule has 0 bridgehead atoms. The quantitative estimate of drug-likeness (QED) is 0.497. The van der Waals surface area contributed by atoms with Crippen LogP contribution in [0.3, 0.4) is 0 Å². The van der Waals surface area contributed by atoms with Gasteiger partial charge in [-0.05, 0) is 31.0 Å². The van der Waals surface area contributed by atoms with E-state index < -0.39 is 0 Å². The number of hydrogen-bond acceptors (Lipinski definition) is 7. The van der Waals surface area contributed by atoms with Crippen molar-refractivity contribution < 1.29 is 9.53 Å². The Bertz CT molecular complexity index is 960. The SMILES string of the molecule is O=C(CSc1ncnc2c1nnn2-c1cccc(Cl)c1)NCC1CCCO1. The van der Waals surface area contributed by atoms with Crippen molar-refractivity contribution >= 4 is 40.4 Å². The standard InChI is InChI=1S/C17H17ClN6O2S/c18-11-3-1-4-12(7-11)24-16-15(22-23-24)17(21-10-20-16)27-9-14(25)19-8-13-5-2-6-26-13/h1,3-4,7,10,13H,2,5-6,8-9H2,(H,19,25). The van der Waals surface area contributed by atoms with Crippen LogP contribution in [0.1, 0.15) is 12.8 Å². The van der Waals surface area contributed by atoms with Crippen LogP contribution in [-0.4, -0.2) is 55.9 Å². The zero-order valence-corrected chi connectivity index (χ0v) is 15.9. The molecule has 8 nitrogen and oxygen atoms in total. The van der Waals surface area contributed by atoms with E-state index in [1.807, 2.05) is 12.1 Å². The van der Waals surface area contributed by atoms with Crippen LogP contribution in [-0.2, 0) is 9.53 Å². The molecule has 10 heteroatoms. The molecule has 1 amide bonds. The Labute approximate surface area is 164 Å². The van der Waals surface area contributed by atoms with Gasteiger partial charge in [0.2, 0.25) is 5.91 Å². The molecule has 1 atom stereocenters. The van der Waals surface area contributed by atoms with Crippen molar-refractivity contribution in [3.63, 3.8) is 0 Å². The number of benzene rings is 1. The Balaban J connectivity index is 1.45. The minimum atomic E-state index is -0.0653. The third-order valence-corrected chi connectivity index (χ3v) is 5.36. The average molecular weight is 405 g/mol. The molecule has 1 aliphatic heterocycles. The van der Waals surface area contributed by atoms with Gasteiger partial charge in [0.15, 0.2) is 11.2 Å². The van der Waals surface area contributed by atoms with E-state index in [2.05, 4.69) is 25.6 Å². The summed E-state index contributed by atoms with van der Waals surface area (Å²) in [4.78, 5) is 20.6. The zero-order chi connectivity index (χ0) is 18.6. The molecular formula is C17H17ClN6O2S. The van der Waals surface area contributed by atoms with Crippen molar-refractivity contribution in [1.82, 2.24) is 30.3 Å². The lowest BCUT2D eigenvalue weighted by Crippen LogP contribution is -2.32. The van der Waals surface area contributed by atoms with Gasteiger partial charge in [-0.1, -0.05) is 34.6 Å². The van der Waals surface area contributed by atoms with Crippen LogP contribution in [0.15, 0.2) is 35.6 Å². The Morgan fingerprint density at radius 1 is 1.41 bits per heavy atom. The first-order chi connectivity index (χ1) is 13.2. The van der Waals surface area contributed by atoms with E-state index in [0.717, 1.165) is 25.1 Å². The van der Waals surface area contributed by atoms with Crippen molar-refractivity contribution in [3.05, 3.63) is 35.6 Å². The van der Waals surface area contributed by atoms with Crippen molar-refractivity contribution in [1.29, 1.82) is 0 Å². The van der Waals surface area contributed by atoms with Gasteiger partial charge in [0.05, 0.1) is 17.5 Å². The van der Waals surface area contributed by atoms with Gasteiger partial charge in [-0.25, -0.2) is 9.97 Å². The topological polar surface area (TPSA) is 94.8 Å². The Morgan fingerprint density at radius 2 is 2.33 bits per heavy atom. The summed E-state index contributed by atoms with van der Waals surface area (Å²) in [5, 5.41) is 12.4. The van der Waals surface area contributed by atoms with E-state index in [9.17, 15) is 4.79 Å². The number of halogens is 1. The van der Waals surface area contributed by atoms with Gasteiger partial charge in [0.1, 0.15) is 11.4 Å². The maximum atomic E-state index is 12.1. The summed E-state index contributed by atoms with van der Waals surface area (Å²) in [6, 6.07) is 7.27. The van der Waals surface area contributed by atoms with Crippen LogP contribution < -0.4 is 5.32 Å². The molecule has 3 heterocycles. The lowest BCUT2D eigenvalue weighted by atomic mass is 10.2. The number of ether oxygens (including phenoxy) is 1. The first-order valence-electron chi connectivity index (χ1n) is 8.54. The monoisotopic (exact) mass is 404 g/mol. The number of nitrogens with zero attached hydrogens (tertiary/aromatic N) is 5. The maximum absolute atomic E-state index is 12.1. The number of amides is 1. The molecule has 3 aromatic rings. The van der Waals surface area contributed by atoms with Gasteiger partial charge in [0.25, 0.3) is 0 Å². The van der Waals surface area contributed by atoms with Crippen LogP contribution in [0.5, 0.6) is 0 Å². The first-order valence-corrected chi connectivity index (χ1v) is 9.90. The number of rotatable bonds is 6. The molecule has 1 unspecified atom stereocenters. The molecule has 0 radical (unpaired) electrons. The summed E-state index contributed by atoms with van der Waals surface area (Å²) in [5.41, 5.74) is 1.87. The van der Waals surface area contributed by atoms with Gasteiger partial charge in [-0.3, -0.25) is 4.79 Å². The molecule has 0 spiro atoms. The number of carbonyl (C=O) groups is 1. The third kappa shape index (κ3) is 4.20. The number of hydrogen-bond donors (Lipinski definition) is 1. The summed E-state index contributed by atoms with van der Waals surface area (Å²) < 4.78 is 7.11. The molecule has 1 fully saturated rings. The van der Waals surface area contributed by atoms with E-state index in [1.165, 1.54) is 18.1 Å². The van der Waals surface area contributed by atoms with Crippen molar-refractivity contribution in [2.75, 3.05) is 18.9 Å². The number of thioether (sulfide) groups is 1. The molecule has 0 saturated carbocycles. The lowest BCUT2D eigenvalue weighted by Gasteiger charge is -2.10. The summed E-state index contributed by atoms with van der Waals surface area (Å²) in [7, 11) is 0. The predicted octanol–water partition coefficient (Wildman–Crippen LogP) is 2.25.